The highest BCUT2D eigenvalue weighted by molar-refractivity contribution is 5.79. The summed E-state index contributed by atoms with van der Waals surface area (Å²) in [4.78, 5) is 10.1. The second kappa shape index (κ2) is 11.0. The van der Waals surface area contributed by atoms with Gasteiger partial charge in [0.2, 0.25) is 0 Å². The lowest BCUT2D eigenvalue weighted by Gasteiger charge is -2.03. The van der Waals surface area contributed by atoms with Crippen molar-refractivity contribution < 1.29 is 19.4 Å². The third-order valence-corrected chi connectivity index (χ3v) is 1.64. The highest BCUT2D eigenvalue weighted by Crippen LogP contribution is 1.88. The predicted octanol–water partition coefficient (Wildman–Crippen LogP) is 0.617. The number of aliphatic carboxylic acids is 1. The number of carboxylic acids is 1. The number of carboxylic acid groups (broad SMARTS) is 1. The van der Waals surface area contributed by atoms with Crippen LogP contribution in [0.1, 0.15) is 12.8 Å². The van der Waals surface area contributed by atoms with E-state index in [1.165, 1.54) is 6.20 Å². The minimum Gasteiger partial charge on any atom is -0.478 e. The highest BCUT2D eigenvalue weighted by Gasteiger charge is 1.89. The summed E-state index contributed by atoms with van der Waals surface area (Å²) >= 11 is 0. The largest absolute Gasteiger partial charge is 0.478 e. The first kappa shape index (κ1) is 13.9. The molecule has 0 aliphatic carbocycles. The summed E-state index contributed by atoms with van der Waals surface area (Å²) < 4.78 is 10.1. The zero-order valence-corrected chi connectivity index (χ0v) is 9.07. The predicted molar refractivity (Wildman–Crippen MR) is 56.7 cm³/mol. The van der Waals surface area contributed by atoms with Crippen LogP contribution in [0.4, 0.5) is 0 Å². The van der Waals surface area contributed by atoms with Crippen LogP contribution in [0.15, 0.2) is 12.3 Å². The fraction of sp³-hybridized carbons (Fsp3) is 0.700. The summed E-state index contributed by atoms with van der Waals surface area (Å²) in [6.45, 7) is 2.73. The molecule has 5 nitrogen and oxygen atoms in total. The molecule has 5 heteroatoms. The van der Waals surface area contributed by atoms with Gasteiger partial charge in [0.25, 0.3) is 0 Å². The molecule has 0 heterocycles. The average Bonchev–Trinajstić information content (AvgIpc) is 2.20. The minimum absolute atomic E-state index is 0.625. The van der Waals surface area contributed by atoms with Gasteiger partial charge in [0.05, 0.1) is 13.2 Å². The average molecular weight is 217 g/mol. The molecule has 0 rings (SSSR count). The second-order valence-electron chi connectivity index (χ2n) is 2.94. The van der Waals surface area contributed by atoms with Crippen LogP contribution in [0.2, 0.25) is 0 Å². The van der Waals surface area contributed by atoms with Gasteiger partial charge in [0.1, 0.15) is 0 Å². The zero-order valence-electron chi connectivity index (χ0n) is 9.07. The standard InChI is InChI=1S/C10H19NO4/c1-14-8-9-15-7-3-2-5-11-6-4-10(12)13/h4,6,11H,2-3,5,7-9H2,1H3,(H,12,13)/b6-4+. The molecule has 0 atom stereocenters. The highest BCUT2D eigenvalue weighted by atomic mass is 16.5. The quantitative estimate of drug-likeness (QED) is 0.414. The summed E-state index contributed by atoms with van der Waals surface area (Å²) in [6, 6.07) is 0. The molecule has 0 spiro atoms. The van der Waals surface area contributed by atoms with Crippen LogP contribution in [0, 0.1) is 0 Å². The van der Waals surface area contributed by atoms with Crippen molar-refractivity contribution in [3.63, 3.8) is 0 Å². The summed E-state index contributed by atoms with van der Waals surface area (Å²) in [7, 11) is 1.64. The fourth-order valence-corrected chi connectivity index (χ4v) is 0.889. The lowest BCUT2D eigenvalue weighted by atomic mass is 10.3. The number of ether oxygens (including phenoxy) is 2. The molecule has 0 unspecified atom stereocenters. The lowest BCUT2D eigenvalue weighted by molar-refractivity contribution is -0.131. The van der Waals surface area contributed by atoms with Gasteiger partial charge in [-0.05, 0) is 12.8 Å². The topological polar surface area (TPSA) is 67.8 Å². The minimum atomic E-state index is -0.939. The van der Waals surface area contributed by atoms with E-state index < -0.39 is 5.97 Å². The van der Waals surface area contributed by atoms with E-state index in [0.717, 1.165) is 25.5 Å². The molecule has 0 aromatic carbocycles. The molecule has 0 fully saturated rings. The SMILES string of the molecule is COCCOCCCCN/C=C/C(=O)O. The normalized spacial score (nSPS) is 10.7. The van der Waals surface area contributed by atoms with Crippen molar-refractivity contribution >= 4 is 5.97 Å². The maximum absolute atomic E-state index is 10.1. The van der Waals surface area contributed by atoms with Crippen molar-refractivity contribution in [3.05, 3.63) is 12.3 Å². The molecule has 88 valence electrons. The number of methoxy groups -OCH3 is 1. The number of hydrogen-bond acceptors (Lipinski definition) is 4. The van der Waals surface area contributed by atoms with Gasteiger partial charge in [-0.15, -0.1) is 0 Å². The molecule has 0 aromatic rings. The van der Waals surface area contributed by atoms with E-state index in [-0.39, 0.29) is 0 Å². The Kier molecular flexibility index (Phi) is 10.2. The van der Waals surface area contributed by atoms with Gasteiger partial charge in [-0.1, -0.05) is 0 Å². The molecule has 15 heavy (non-hydrogen) atoms. The van der Waals surface area contributed by atoms with E-state index >= 15 is 0 Å². The summed E-state index contributed by atoms with van der Waals surface area (Å²) in [5.41, 5.74) is 0. The third kappa shape index (κ3) is 12.9. The van der Waals surface area contributed by atoms with Crippen molar-refractivity contribution in [2.24, 2.45) is 0 Å². The lowest BCUT2D eigenvalue weighted by Crippen LogP contribution is -2.09. The van der Waals surface area contributed by atoms with Gasteiger partial charge >= 0.3 is 5.97 Å². The second-order valence-corrected chi connectivity index (χ2v) is 2.94. The van der Waals surface area contributed by atoms with Crippen LogP contribution >= 0.6 is 0 Å². The van der Waals surface area contributed by atoms with Gasteiger partial charge in [0.15, 0.2) is 0 Å². The van der Waals surface area contributed by atoms with Gasteiger partial charge in [0, 0.05) is 32.5 Å². The van der Waals surface area contributed by atoms with Gasteiger partial charge in [-0.3, -0.25) is 0 Å². The van der Waals surface area contributed by atoms with Crippen molar-refractivity contribution in [1.82, 2.24) is 5.32 Å². The fourth-order valence-electron chi connectivity index (χ4n) is 0.889. The molecule has 2 N–H and O–H groups in total. The molecule has 0 saturated heterocycles. The molecule has 0 radical (unpaired) electrons. The summed E-state index contributed by atoms with van der Waals surface area (Å²) in [5, 5.41) is 11.2. The maximum atomic E-state index is 10.1. The van der Waals surface area contributed by atoms with Crippen LogP contribution in [0.3, 0.4) is 0 Å². The first-order valence-electron chi connectivity index (χ1n) is 4.97. The number of carbonyl (C=O) groups is 1. The summed E-state index contributed by atoms with van der Waals surface area (Å²) in [6.07, 6.45) is 4.43. The van der Waals surface area contributed by atoms with E-state index in [1.807, 2.05) is 0 Å². The first-order valence-corrected chi connectivity index (χ1v) is 4.97. The Bertz CT molecular complexity index is 182. The molecule has 0 aromatic heterocycles. The Balaban J connectivity index is 3.02. The monoisotopic (exact) mass is 217 g/mol. The molecule has 0 aliphatic heterocycles. The van der Waals surface area contributed by atoms with Crippen LogP contribution in [-0.4, -0.2) is 44.6 Å². The molecule has 0 bridgehead atoms. The number of rotatable bonds is 10. The van der Waals surface area contributed by atoms with Crippen LogP contribution < -0.4 is 5.32 Å². The van der Waals surface area contributed by atoms with Crippen molar-refractivity contribution in [1.29, 1.82) is 0 Å². The Morgan fingerprint density at radius 3 is 2.80 bits per heavy atom. The van der Waals surface area contributed by atoms with Crippen LogP contribution in [0.5, 0.6) is 0 Å². The summed E-state index contributed by atoms with van der Waals surface area (Å²) in [5.74, 6) is -0.939. The van der Waals surface area contributed by atoms with Crippen molar-refractivity contribution in [2.45, 2.75) is 12.8 Å². The Morgan fingerprint density at radius 2 is 2.13 bits per heavy atom. The van der Waals surface area contributed by atoms with Crippen molar-refractivity contribution in [3.8, 4) is 0 Å². The smallest absolute Gasteiger partial charge is 0.329 e. The van der Waals surface area contributed by atoms with Crippen molar-refractivity contribution in [2.75, 3.05) is 33.5 Å². The molecular weight excluding hydrogens is 198 g/mol. The number of unbranched alkanes of at least 4 members (excludes halogenated alkanes) is 1. The Morgan fingerprint density at radius 1 is 1.33 bits per heavy atom. The van der Waals surface area contributed by atoms with Gasteiger partial charge in [-0.2, -0.15) is 0 Å². The Labute approximate surface area is 90.1 Å². The van der Waals surface area contributed by atoms with Gasteiger partial charge < -0.3 is 19.9 Å². The van der Waals surface area contributed by atoms with E-state index in [1.54, 1.807) is 7.11 Å². The number of nitrogens with one attached hydrogen (secondary N) is 1. The van der Waals surface area contributed by atoms with Crippen LogP contribution in [-0.2, 0) is 14.3 Å². The van der Waals surface area contributed by atoms with E-state index in [4.69, 9.17) is 14.6 Å². The van der Waals surface area contributed by atoms with E-state index in [9.17, 15) is 4.79 Å². The zero-order chi connectivity index (χ0) is 11.4. The van der Waals surface area contributed by atoms with Crippen LogP contribution in [0.25, 0.3) is 0 Å². The molecule has 0 amide bonds. The number of hydrogen-bond donors (Lipinski definition) is 2. The third-order valence-electron chi connectivity index (χ3n) is 1.64. The van der Waals surface area contributed by atoms with Gasteiger partial charge in [-0.25, -0.2) is 4.79 Å². The molecule has 0 aliphatic rings. The first-order chi connectivity index (χ1) is 7.27. The maximum Gasteiger partial charge on any atom is 0.329 e. The van der Waals surface area contributed by atoms with E-state index in [2.05, 4.69) is 5.32 Å². The van der Waals surface area contributed by atoms with E-state index in [0.29, 0.717) is 19.8 Å². The molecule has 0 saturated carbocycles. The molecular formula is C10H19NO4. The Hall–Kier alpha value is -1.07.